The zero-order valence-electron chi connectivity index (χ0n) is 10.4. The number of rotatable bonds is 7. The molecule has 0 fully saturated rings. The number of nitrogens with one attached hydrogen (secondary N) is 1. The summed E-state index contributed by atoms with van der Waals surface area (Å²) in [5.74, 6) is -1.18. The third kappa shape index (κ3) is 4.61. The van der Waals surface area contributed by atoms with Gasteiger partial charge in [-0.25, -0.2) is 8.78 Å². The van der Waals surface area contributed by atoms with Crippen LogP contribution in [-0.2, 0) is 6.42 Å². The maximum atomic E-state index is 13.2. The maximum Gasteiger partial charge on any atom is 0.167 e. The summed E-state index contributed by atoms with van der Waals surface area (Å²) in [6.45, 7) is 1.83. The van der Waals surface area contributed by atoms with Crippen molar-refractivity contribution in [1.82, 2.24) is 5.32 Å². The normalized spacial score (nSPS) is 10.6. The lowest BCUT2D eigenvalue weighted by Crippen LogP contribution is -2.23. The van der Waals surface area contributed by atoms with Crippen molar-refractivity contribution in [2.45, 2.75) is 6.42 Å². The lowest BCUT2D eigenvalue weighted by Gasteiger charge is -2.08. The third-order valence-corrected chi connectivity index (χ3v) is 3.33. The molecule has 1 N–H and O–H groups in total. The predicted molar refractivity (Wildman–Crippen MR) is 72.7 cm³/mol. The minimum absolute atomic E-state index is 0.0843. The van der Waals surface area contributed by atoms with Gasteiger partial charge in [-0.05, 0) is 47.5 Å². The van der Waals surface area contributed by atoms with E-state index >= 15 is 0 Å². The van der Waals surface area contributed by atoms with Crippen LogP contribution in [-0.4, -0.2) is 19.7 Å². The Morgan fingerprint density at radius 1 is 1.16 bits per heavy atom. The van der Waals surface area contributed by atoms with E-state index in [2.05, 4.69) is 22.1 Å². The molecule has 0 saturated heterocycles. The van der Waals surface area contributed by atoms with Crippen molar-refractivity contribution in [2.75, 3.05) is 19.7 Å². The van der Waals surface area contributed by atoms with Crippen molar-refractivity contribution >= 4 is 11.3 Å². The van der Waals surface area contributed by atoms with Crippen molar-refractivity contribution in [2.24, 2.45) is 0 Å². The number of ether oxygens (including phenoxy) is 1. The van der Waals surface area contributed by atoms with Gasteiger partial charge in [-0.2, -0.15) is 11.3 Å². The van der Waals surface area contributed by atoms with Gasteiger partial charge in [0.1, 0.15) is 12.4 Å². The molecule has 1 aromatic carbocycles. The third-order valence-electron chi connectivity index (χ3n) is 2.60. The number of hydrogen-bond acceptors (Lipinski definition) is 3. The second kappa shape index (κ2) is 7.21. The molecule has 2 aromatic rings. The van der Waals surface area contributed by atoms with Crippen LogP contribution in [0.4, 0.5) is 8.78 Å². The lowest BCUT2D eigenvalue weighted by atomic mass is 10.2. The van der Waals surface area contributed by atoms with Gasteiger partial charge in [0.25, 0.3) is 0 Å². The number of hydrogen-bond donors (Lipinski definition) is 1. The summed E-state index contributed by atoms with van der Waals surface area (Å²) >= 11 is 1.68. The largest absolute Gasteiger partial charge is 0.489 e. The van der Waals surface area contributed by atoms with E-state index in [0.29, 0.717) is 13.2 Å². The van der Waals surface area contributed by atoms with E-state index in [0.717, 1.165) is 19.0 Å². The monoisotopic (exact) mass is 283 g/mol. The van der Waals surface area contributed by atoms with Crippen LogP contribution in [0.15, 0.2) is 35.0 Å². The quantitative estimate of drug-likeness (QED) is 0.788. The van der Waals surface area contributed by atoms with Crippen LogP contribution in [0, 0.1) is 11.6 Å². The first-order chi connectivity index (χ1) is 9.25. The Labute approximate surface area is 115 Å². The molecule has 1 heterocycles. The van der Waals surface area contributed by atoms with Gasteiger partial charge in [-0.1, -0.05) is 0 Å². The van der Waals surface area contributed by atoms with E-state index in [-0.39, 0.29) is 5.75 Å². The molecule has 0 aliphatic carbocycles. The Balaban J connectivity index is 1.61. The molecule has 0 unspecified atom stereocenters. The van der Waals surface area contributed by atoms with Gasteiger partial charge >= 0.3 is 0 Å². The Morgan fingerprint density at radius 3 is 2.79 bits per heavy atom. The molecular weight excluding hydrogens is 268 g/mol. The molecule has 2 nitrogen and oxygen atoms in total. The number of halogens is 2. The Morgan fingerprint density at radius 2 is 2.05 bits per heavy atom. The second-order valence-corrected chi connectivity index (χ2v) is 4.83. The number of benzene rings is 1. The molecule has 0 amide bonds. The summed E-state index contributed by atoms with van der Waals surface area (Å²) in [7, 11) is 0. The first kappa shape index (κ1) is 14.0. The summed E-state index contributed by atoms with van der Waals surface area (Å²) in [6.07, 6.45) is 0.967. The molecule has 1 aromatic heterocycles. The van der Waals surface area contributed by atoms with E-state index in [1.54, 1.807) is 11.3 Å². The van der Waals surface area contributed by atoms with Crippen molar-refractivity contribution < 1.29 is 13.5 Å². The van der Waals surface area contributed by atoms with Crippen molar-refractivity contribution in [3.8, 4) is 5.75 Å². The van der Waals surface area contributed by atoms with Gasteiger partial charge < -0.3 is 10.1 Å². The SMILES string of the molecule is Fc1ccc(OCCNCCc2ccsc2)c(F)c1. The summed E-state index contributed by atoms with van der Waals surface area (Å²) in [4.78, 5) is 0. The average Bonchev–Trinajstić information content (AvgIpc) is 2.89. The van der Waals surface area contributed by atoms with E-state index in [9.17, 15) is 8.78 Å². The Kier molecular flexibility index (Phi) is 5.30. The molecule has 0 saturated carbocycles. The molecular formula is C14H15F2NOS. The van der Waals surface area contributed by atoms with Crippen LogP contribution in [0.2, 0.25) is 0 Å². The van der Waals surface area contributed by atoms with Gasteiger partial charge in [0.15, 0.2) is 11.6 Å². The minimum atomic E-state index is -0.668. The van der Waals surface area contributed by atoms with Crippen LogP contribution in [0.1, 0.15) is 5.56 Å². The highest BCUT2D eigenvalue weighted by atomic mass is 32.1. The van der Waals surface area contributed by atoms with E-state index in [4.69, 9.17) is 4.74 Å². The van der Waals surface area contributed by atoms with Gasteiger partial charge in [0.05, 0.1) is 0 Å². The molecule has 102 valence electrons. The summed E-state index contributed by atoms with van der Waals surface area (Å²) in [6, 6.07) is 5.40. The molecule has 0 atom stereocenters. The van der Waals surface area contributed by atoms with Crippen molar-refractivity contribution in [3.05, 3.63) is 52.2 Å². The van der Waals surface area contributed by atoms with Gasteiger partial charge in [0, 0.05) is 12.6 Å². The molecule has 0 bridgehead atoms. The number of thiophene rings is 1. The van der Waals surface area contributed by atoms with Crippen LogP contribution in [0.25, 0.3) is 0 Å². The molecule has 0 aliphatic rings. The average molecular weight is 283 g/mol. The highest BCUT2D eigenvalue weighted by Gasteiger charge is 2.04. The van der Waals surface area contributed by atoms with Crippen LogP contribution >= 0.6 is 11.3 Å². The molecule has 5 heteroatoms. The summed E-state index contributed by atoms with van der Waals surface area (Å²) in [5.41, 5.74) is 1.31. The first-order valence-electron chi connectivity index (χ1n) is 6.05. The zero-order valence-corrected chi connectivity index (χ0v) is 11.2. The predicted octanol–water partition coefficient (Wildman–Crippen LogP) is 3.24. The maximum absolute atomic E-state index is 13.2. The van der Waals surface area contributed by atoms with E-state index in [1.165, 1.54) is 17.7 Å². The summed E-state index contributed by atoms with van der Waals surface area (Å²) < 4.78 is 31.1. The van der Waals surface area contributed by atoms with Crippen molar-refractivity contribution in [3.63, 3.8) is 0 Å². The van der Waals surface area contributed by atoms with Gasteiger partial charge in [-0.15, -0.1) is 0 Å². The summed E-state index contributed by atoms with van der Waals surface area (Å²) in [5, 5.41) is 7.38. The standard InChI is InChI=1S/C14H15F2NOS/c15-12-1-2-14(13(16)9-12)18-7-6-17-5-3-11-4-8-19-10-11/h1-2,4,8-10,17H,3,5-7H2. The zero-order chi connectivity index (χ0) is 13.5. The molecule has 0 radical (unpaired) electrons. The molecule has 0 aliphatic heterocycles. The van der Waals surface area contributed by atoms with E-state index in [1.807, 2.05) is 0 Å². The Bertz CT molecular complexity index is 502. The fraction of sp³-hybridized carbons (Fsp3) is 0.286. The van der Waals surface area contributed by atoms with Crippen LogP contribution in [0.5, 0.6) is 5.75 Å². The highest BCUT2D eigenvalue weighted by molar-refractivity contribution is 7.07. The molecule has 19 heavy (non-hydrogen) atoms. The fourth-order valence-corrected chi connectivity index (χ4v) is 2.32. The second-order valence-electron chi connectivity index (χ2n) is 4.05. The smallest absolute Gasteiger partial charge is 0.167 e. The van der Waals surface area contributed by atoms with Gasteiger partial charge in [-0.3, -0.25) is 0 Å². The first-order valence-corrected chi connectivity index (χ1v) is 6.99. The molecule has 2 rings (SSSR count). The topological polar surface area (TPSA) is 21.3 Å². The lowest BCUT2D eigenvalue weighted by molar-refractivity contribution is 0.298. The highest BCUT2D eigenvalue weighted by Crippen LogP contribution is 2.17. The van der Waals surface area contributed by atoms with Crippen LogP contribution in [0.3, 0.4) is 0 Å². The molecule has 0 spiro atoms. The fourth-order valence-electron chi connectivity index (χ4n) is 1.62. The van der Waals surface area contributed by atoms with Crippen LogP contribution < -0.4 is 10.1 Å². The van der Waals surface area contributed by atoms with Crippen molar-refractivity contribution in [1.29, 1.82) is 0 Å². The van der Waals surface area contributed by atoms with E-state index < -0.39 is 11.6 Å². The Hall–Kier alpha value is -1.46. The van der Waals surface area contributed by atoms with Gasteiger partial charge in [0.2, 0.25) is 0 Å². The minimum Gasteiger partial charge on any atom is -0.489 e.